The van der Waals surface area contributed by atoms with Crippen molar-refractivity contribution in [3.63, 3.8) is 0 Å². The van der Waals surface area contributed by atoms with Gasteiger partial charge >= 0.3 is 5.97 Å². The van der Waals surface area contributed by atoms with Crippen molar-refractivity contribution in [2.24, 2.45) is 0 Å². The number of rotatable bonds is 5. The number of phenolic OH excluding ortho intramolecular Hbond substituents is 2. The summed E-state index contributed by atoms with van der Waals surface area (Å²) in [7, 11) is 2.75. The minimum absolute atomic E-state index is 0.131. The number of nitrogens with zero attached hydrogens (tertiary/aromatic N) is 1. The number of aliphatic carboxylic acids is 1. The van der Waals surface area contributed by atoms with Gasteiger partial charge in [-0.1, -0.05) is 0 Å². The molecule has 8 nitrogen and oxygen atoms in total. The van der Waals surface area contributed by atoms with E-state index in [4.69, 9.17) is 9.47 Å². The molecule has 3 rings (SSSR count). The molecule has 1 atom stereocenters. The fourth-order valence-electron chi connectivity index (χ4n) is 3.44. The number of fused-ring (bicyclic) bond motifs is 1. The van der Waals surface area contributed by atoms with Crippen molar-refractivity contribution in [2.45, 2.75) is 13.0 Å². The Morgan fingerprint density at radius 3 is 2.33 bits per heavy atom. The SMILES string of the molecule is COc1cc(C)cc([C@@H]2c3cc(O)cc(OC)c3C(=O)N2CC(=O)O)c1O. The first-order valence-corrected chi connectivity index (χ1v) is 8.09. The van der Waals surface area contributed by atoms with Crippen LogP contribution in [0.25, 0.3) is 0 Å². The number of carboxylic acid groups (broad SMARTS) is 1. The van der Waals surface area contributed by atoms with E-state index in [0.29, 0.717) is 11.1 Å². The summed E-state index contributed by atoms with van der Waals surface area (Å²) in [5, 5.41) is 29.9. The molecule has 0 aliphatic carbocycles. The first-order chi connectivity index (χ1) is 12.8. The minimum Gasteiger partial charge on any atom is -0.508 e. The topological polar surface area (TPSA) is 117 Å². The highest BCUT2D eigenvalue weighted by Crippen LogP contribution is 2.48. The Balaban J connectivity index is 2.30. The van der Waals surface area contributed by atoms with Gasteiger partial charge in [0.25, 0.3) is 5.91 Å². The van der Waals surface area contributed by atoms with Crippen LogP contribution in [0.4, 0.5) is 0 Å². The second-order valence-electron chi connectivity index (χ2n) is 6.25. The van der Waals surface area contributed by atoms with Gasteiger partial charge < -0.3 is 29.7 Å². The molecule has 0 saturated carbocycles. The molecule has 0 aromatic heterocycles. The summed E-state index contributed by atoms with van der Waals surface area (Å²) in [6.07, 6.45) is 0. The van der Waals surface area contributed by atoms with Crippen molar-refractivity contribution >= 4 is 11.9 Å². The number of aryl methyl sites for hydroxylation is 1. The van der Waals surface area contributed by atoms with Crippen LogP contribution in [0.3, 0.4) is 0 Å². The van der Waals surface area contributed by atoms with Crippen LogP contribution in [0.1, 0.15) is 33.1 Å². The van der Waals surface area contributed by atoms with E-state index in [2.05, 4.69) is 0 Å². The lowest BCUT2D eigenvalue weighted by molar-refractivity contribution is -0.138. The van der Waals surface area contributed by atoms with E-state index < -0.39 is 24.5 Å². The summed E-state index contributed by atoms with van der Waals surface area (Å²) in [5.41, 5.74) is 1.55. The zero-order chi connectivity index (χ0) is 19.9. The standard InChI is InChI=1S/C19H19NO7/c1-9-4-12(18(24)14(5-9)27-3)17-11-6-10(21)7-13(26-2)16(11)19(25)20(17)8-15(22)23/h4-7,17,21,24H,8H2,1-3H3,(H,22,23)/t17-/m0/s1. The van der Waals surface area contributed by atoms with Gasteiger partial charge in [-0.3, -0.25) is 9.59 Å². The van der Waals surface area contributed by atoms with Crippen LogP contribution in [-0.2, 0) is 4.79 Å². The average Bonchev–Trinajstić information content (AvgIpc) is 2.87. The highest BCUT2D eigenvalue weighted by molar-refractivity contribution is 6.04. The molecule has 0 unspecified atom stereocenters. The molecule has 2 aromatic rings. The van der Waals surface area contributed by atoms with Crippen LogP contribution in [-0.4, -0.2) is 52.9 Å². The maximum absolute atomic E-state index is 12.9. The predicted molar refractivity (Wildman–Crippen MR) is 94.6 cm³/mol. The quantitative estimate of drug-likeness (QED) is 0.734. The summed E-state index contributed by atoms with van der Waals surface area (Å²) in [6, 6.07) is 5.02. The number of phenols is 2. The Bertz CT molecular complexity index is 938. The molecule has 27 heavy (non-hydrogen) atoms. The monoisotopic (exact) mass is 373 g/mol. The van der Waals surface area contributed by atoms with E-state index in [-0.39, 0.29) is 28.6 Å². The molecule has 1 aliphatic rings. The third kappa shape index (κ3) is 2.99. The minimum atomic E-state index is -1.21. The zero-order valence-electron chi connectivity index (χ0n) is 15.0. The maximum Gasteiger partial charge on any atom is 0.323 e. The molecule has 1 aliphatic heterocycles. The van der Waals surface area contributed by atoms with Crippen molar-refractivity contribution in [2.75, 3.05) is 20.8 Å². The summed E-state index contributed by atoms with van der Waals surface area (Å²) in [4.78, 5) is 25.4. The van der Waals surface area contributed by atoms with E-state index in [1.54, 1.807) is 19.1 Å². The number of hydrogen-bond acceptors (Lipinski definition) is 6. The summed E-state index contributed by atoms with van der Waals surface area (Å²) in [5.74, 6) is -1.77. The molecule has 0 fully saturated rings. The lowest BCUT2D eigenvalue weighted by Crippen LogP contribution is -2.34. The summed E-state index contributed by atoms with van der Waals surface area (Å²) >= 11 is 0. The van der Waals surface area contributed by atoms with E-state index in [9.17, 15) is 24.9 Å². The van der Waals surface area contributed by atoms with Gasteiger partial charge in [0, 0.05) is 11.6 Å². The number of aromatic hydroxyl groups is 2. The normalized spacial score (nSPS) is 15.6. The molecule has 8 heteroatoms. The zero-order valence-corrected chi connectivity index (χ0v) is 15.0. The number of carboxylic acids is 1. The van der Waals surface area contributed by atoms with Crippen LogP contribution < -0.4 is 9.47 Å². The number of hydrogen-bond donors (Lipinski definition) is 3. The summed E-state index contributed by atoms with van der Waals surface area (Å²) in [6.45, 7) is 1.20. The van der Waals surface area contributed by atoms with Gasteiger partial charge in [-0.25, -0.2) is 0 Å². The lowest BCUT2D eigenvalue weighted by Gasteiger charge is -2.25. The van der Waals surface area contributed by atoms with Crippen LogP contribution >= 0.6 is 0 Å². The van der Waals surface area contributed by atoms with Crippen LogP contribution in [0.5, 0.6) is 23.0 Å². The number of carbonyl (C=O) groups excluding carboxylic acids is 1. The van der Waals surface area contributed by atoms with Crippen LogP contribution in [0.2, 0.25) is 0 Å². The first kappa shape index (κ1) is 18.4. The molecule has 142 valence electrons. The number of benzene rings is 2. The van der Waals surface area contributed by atoms with E-state index in [1.165, 1.54) is 26.4 Å². The van der Waals surface area contributed by atoms with Gasteiger partial charge in [0.15, 0.2) is 11.5 Å². The fourth-order valence-corrected chi connectivity index (χ4v) is 3.44. The predicted octanol–water partition coefficient (Wildman–Crippen LogP) is 2.05. The maximum atomic E-state index is 12.9. The molecule has 0 saturated heterocycles. The van der Waals surface area contributed by atoms with Crippen molar-refractivity contribution < 1.29 is 34.4 Å². The smallest absolute Gasteiger partial charge is 0.323 e. The van der Waals surface area contributed by atoms with Gasteiger partial charge in [-0.2, -0.15) is 0 Å². The number of carbonyl (C=O) groups is 2. The van der Waals surface area contributed by atoms with Crippen molar-refractivity contribution in [3.8, 4) is 23.0 Å². The Hall–Kier alpha value is -3.42. The van der Waals surface area contributed by atoms with Crippen molar-refractivity contribution in [1.82, 2.24) is 4.90 Å². The van der Waals surface area contributed by atoms with E-state index in [1.807, 2.05) is 0 Å². The highest BCUT2D eigenvalue weighted by Gasteiger charge is 2.42. The van der Waals surface area contributed by atoms with Gasteiger partial charge in [0.05, 0.1) is 25.8 Å². The average molecular weight is 373 g/mol. The molecule has 0 radical (unpaired) electrons. The molecule has 1 amide bonds. The van der Waals surface area contributed by atoms with Crippen LogP contribution in [0.15, 0.2) is 24.3 Å². The second-order valence-corrected chi connectivity index (χ2v) is 6.25. The molecule has 3 N–H and O–H groups in total. The Kier molecular flexibility index (Phi) is 4.57. The largest absolute Gasteiger partial charge is 0.508 e. The first-order valence-electron chi connectivity index (χ1n) is 8.09. The molecular weight excluding hydrogens is 354 g/mol. The third-order valence-corrected chi connectivity index (χ3v) is 4.49. The van der Waals surface area contributed by atoms with Crippen LogP contribution in [0, 0.1) is 6.92 Å². The molecule has 0 spiro atoms. The van der Waals surface area contributed by atoms with Crippen molar-refractivity contribution in [1.29, 1.82) is 0 Å². The third-order valence-electron chi connectivity index (χ3n) is 4.49. The Morgan fingerprint density at radius 1 is 1.07 bits per heavy atom. The fraction of sp³-hybridized carbons (Fsp3) is 0.263. The van der Waals surface area contributed by atoms with Gasteiger partial charge in [0.1, 0.15) is 18.0 Å². The second kappa shape index (κ2) is 6.71. The van der Waals surface area contributed by atoms with Gasteiger partial charge in [0.2, 0.25) is 0 Å². The van der Waals surface area contributed by atoms with Gasteiger partial charge in [-0.05, 0) is 36.2 Å². The Morgan fingerprint density at radius 2 is 1.74 bits per heavy atom. The number of methoxy groups -OCH3 is 2. The molecule has 0 bridgehead atoms. The highest BCUT2D eigenvalue weighted by atomic mass is 16.5. The van der Waals surface area contributed by atoms with E-state index >= 15 is 0 Å². The summed E-state index contributed by atoms with van der Waals surface area (Å²) < 4.78 is 10.4. The van der Waals surface area contributed by atoms with E-state index in [0.717, 1.165) is 10.5 Å². The number of amides is 1. The van der Waals surface area contributed by atoms with Gasteiger partial charge in [-0.15, -0.1) is 0 Å². The Labute approximate surface area is 155 Å². The molecule has 1 heterocycles. The molecular formula is C19H19NO7. The molecule has 2 aromatic carbocycles. The lowest BCUT2D eigenvalue weighted by atomic mass is 9.94. The van der Waals surface area contributed by atoms with Crippen molar-refractivity contribution in [3.05, 3.63) is 46.5 Å². The number of ether oxygens (including phenoxy) is 2.